The second-order valence-corrected chi connectivity index (χ2v) is 3.37. The van der Waals surface area contributed by atoms with Gasteiger partial charge in [-0.1, -0.05) is 6.42 Å². The van der Waals surface area contributed by atoms with Gasteiger partial charge in [0, 0.05) is 20.1 Å². The lowest BCUT2D eigenvalue weighted by Gasteiger charge is -2.09. The van der Waals surface area contributed by atoms with E-state index in [1.54, 1.807) is 6.92 Å². The van der Waals surface area contributed by atoms with E-state index in [4.69, 9.17) is 9.84 Å². The summed E-state index contributed by atoms with van der Waals surface area (Å²) in [7, 11) is 1.48. The number of rotatable bonds is 8. The number of methoxy groups -OCH3 is 1. The maximum Gasteiger partial charge on any atom is 0.303 e. The van der Waals surface area contributed by atoms with Crippen molar-refractivity contribution in [3.63, 3.8) is 0 Å². The molecule has 0 rings (SSSR count). The molecule has 5 heteroatoms. The zero-order valence-corrected chi connectivity index (χ0v) is 9.28. The molecule has 15 heavy (non-hydrogen) atoms. The molecule has 0 aliphatic heterocycles. The number of hydrogen-bond donors (Lipinski definition) is 2. The van der Waals surface area contributed by atoms with Gasteiger partial charge in [-0.2, -0.15) is 0 Å². The minimum absolute atomic E-state index is 0.129. The average molecular weight is 217 g/mol. The van der Waals surface area contributed by atoms with Crippen molar-refractivity contribution in [1.82, 2.24) is 5.32 Å². The van der Waals surface area contributed by atoms with Crippen molar-refractivity contribution < 1.29 is 19.4 Å². The molecule has 5 nitrogen and oxygen atoms in total. The Balaban J connectivity index is 3.31. The van der Waals surface area contributed by atoms with Gasteiger partial charge >= 0.3 is 5.97 Å². The highest BCUT2D eigenvalue weighted by Gasteiger charge is 2.09. The number of nitrogens with one attached hydrogen (secondary N) is 1. The van der Waals surface area contributed by atoms with E-state index in [1.165, 1.54) is 7.11 Å². The van der Waals surface area contributed by atoms with E-state index in [0.29, 0.717) is 13.0 Å². The van der Waals surface area contributed by atoms with Crippen LogP contribution in [0.5, 0.6) is 0 Å². The number of unbranched alkanes of at least 4 members (excludes halogenated alkanes) is 2. The molecule has 1 atom stereocenters. The lowest BCUT2D eigenvalue weighted by molar-refractivity contribution is -0.137. The normalized spacial score (nSPS) is 12.1. The molecule has 0 bridgehead atoms. The number of carbonyl (C=O) groups is 2. The summed E-state index contributed by atoms with van der Waals surface area (Å²) in [6.07, 6.45) is 2.04. The van der Waals surface area contributed by atoms with Gasteiger partial charge in [-0.05, 0) is 19.8 Å². The van der Waals surface area contributed by atoms with E-state index >= 15 is 0 Å². The number of hydrogen-bond acceptors (Lipinski definition) is 3. The first kappa shape index (κ1) is 13.9. The van der Waals surface area contributed by atoms with Gasteiger partial charge in [0.1, 0.15) is 6.10 Å². The molecule has 0 saturated carbocycles. The molecule has 0 spiro atoms. The summed E-state index contributed by atoms with van der Waals surface area (Å²) in [4.78, 5) is 21.4. The van der Waals surface area contributed by atoms with Crippen molar-refractivity contribution in [2.75, 3.05) is 13.7 Å². The summed E-state index contributed by atoms with van der Waals surface area (Å²) >= 11 is 0. The lowest BCUT2D eigenvalue weighted by atomic mass is 10.2. The Morgan fingerprint density at radius 3 is 2.53 bits per heavy atom. The zero-order valence-electron chi connectivity index (χ0n) is 9.28. The molecule has 0 aromatic carbocycles. The second kappa shape index (κ2) is 8.23. The molecular formula is C10H19NO4. The quantitative estimate of drug-likeness (QED) is 0.589. The van der Waals surface area contributed by atoms with Crippen LogP contribution in [0, 0.1) is 0 Å². The van der Waals surface area contributed by atoms with Crippen LogP contribution < -0.4 is 5.32 Å². The lowest BCUT2D eigenvalue weighted by Crippen LogP contribution is -2.34. The maximum atomic E-state index is 11.2. The SMILES string of the molecule is COC(C)C(=O)NCCCCCC(=O)O. The molecule has 0 saturated heterocycles. The molecule has 1 amide bonds. The van der Waals surface area contributed by atoms with Gasteiger partial charge in [-0.15, -0.1) is 0 Å². The number of amides is 1. The van der Waals surface area contributed by atoms with Crippen LogP contribution in [-0.2, 0) is 14.3 Å². The van der Waals surface area contributed by atoms with Gasteiger partial charge in [0.05, 0.1) is 0 Å². The van der Waals surface area contributed by atoms with Crippen LogP contribution in [0.25, 0.3) is 0 Å². The number of aliphatic carboxylic acids is 1. The van der Waals surface area contributed by atoms with E-state index in [1.807, 2.05) is 0 Å². The molecular weight excluding hydrogens is 198 g/mol. The topological polar surface area (TPSA) is 75.6 Å². The molecule has 0 aliphatic carbocycles. The van der Waals surface area contributed by atoms with E-state index in [9.17, 15) is 9.59 Å². The van der Waals surface area contributed by atoms with Crippen molar-refractivity contribution in [3.8, 4) is 0 Å². The molecule has 0 aromatic rings. The first-order valence-electron chi connectivity index (χ1n) is 5.10. The summed E-state index contributed by atoms with van der Waals surface area (Å²) in [5.41, 5.74) is 0. The average Bonchev–Trinajstić information content (AvgIpc) is 2.21. The monoisotopic (exact) mass is 217 g/mol. The van der Waals surface area contributed by atoms with Crippen LogP contribution >= 0.6 is 0 Å². The van der Waals surface area contributed by atoms with Crippen LogP contribution in [0.15, 0.2) is 0 Å². The minimum Gasteiger partial charge on any atom is -0.481 e. The fourth-order valence-corrected chi connectivity index (χ4v) is 1.04. The Kier molecular flexibility index (Phi) is 7.62. The van der Waals surface area contributed by atoms with Crippen molar-refractivity contribution in [2.45, 2.75) is 38.7 Å². The van der Waals surface area contributed by atoms with Crippen LogP contribution in [0.4, 0.5) is 0 Å². The summed E-state index contributed by atoms with van der Waals surface area (Å²) in [5.74, 6) is -0.900. The summed E-state index contributed by atoms with van der Waals surface area (Å²) in [6, 6.07) is 0. The number of carbonyl (C=O) groups excluding carboxylic acids is 1. The Hall–Kier alpha value is -1.10. The number of carboxylic acids is 1. The minimum atomic E-state index is -0.771. The molecule has 88 valence electrons. The summed E-state index contributed by atoms with van der Waals surface area (Å²) < 4.78 is 4.83. The highest BCUT2D eigenvalue weighted by molar-refractivity contribution is 5.80. The van der Waals surface area contributed by atoms with E-state index in [-0.39, 0.29) is 12.3 Å². The summed E-state index contributed by atoms with van der Waals surface area (Å²) in [6.45, 7) is 2.26. The highest BCUT2D eigenvalue weighted by Crippen LogP contribution is 1.98. The maximum absolute atomic E-state index is 11.2. The van der Waals surface area contributed by atoms with Gasteiger partial charge in [0.15, 0.2) is 0 Å². The standard InChI is InChI=1S/C10H19NO4/c1-8(15-2)10(14)11-7-5-3-4-6-9(12)13/h8H,3-7H2,1-2H3,(H,11,14)(H,12,13). The third-order valence-corrected chi connectivity index (χ3v) is 2.09. The zero-order chi connectivity index (χ0) is 11.7. The Morgan fingerprint density at radius 1 is 1.33 bits per heavy atom. The van der Waals surface area contributed by atoms with Crippen molar-refractivity contribution >= 4 is 11.9 Å². The van der Waals surface area contributed by atoms with Crippen molar-refractivity contribution in [3.05, 3.63) is 0 Å². The van der Waals surface area contributed by atoms with Gasteiger partial charge in [0.2, 0.25) is 5.91 Å². The molecule has 1 unspecified atom stereocenters. The van der Waals surface area contributed by atoms with Gasteiger partial charge in [0.25, 0.3) is 0 Å². The van der Waals surface area contributed by atoms with Crippen molar-refractivity contribution in [1.29, 1.82) is 0 Å². The van der Waals surface area contributed by atoms with E-state index in [0.717, 1.165) is 12.8 Å². The van der Waals surface area contributed by atoms with E-state index < -0.39 is 12.1 Å². The first-order chi connectivity index (χ1) is 7.07. The fraction of sp³-hybridized carbons (Fsp3) is 0.800. The largest absolute Gasteiger partial charge is 0.481 e. The van der Waals surface area contributed by atoms with Crippen molar-refractivity contribution in [2.24, 2.45) is 0 Å². The van der Waals surface area contributed by atoms with Crippen LogP contribution in [0.1, 0.15) is 32.6 Å². The molecule has 0 aliphatic rings. The molecule has 0 aromatic heterocycles. The highest BCUT2D eigenvalue weighted by atomic mass is 16.5. The van der Waals surface area contributed by atoms with Gasteiger partial charge < -0.3 is 15.2 Å². The molecule has 2 N–H and O–H groups in total. The smallest absolute Gasteiger partial charge is 0.303 e. The van der Waals surface area contributed by atoms with Crippen LogP contribution in [0.3, 0.4) is 0 Å². The Bertz CT molecular complexity index is 206. The predicted octanol–water partition coefficient (Wildman–Crippen LogP) is 0.782. The molecule has 0 radical (unpaired) electrons. The first-order valence-corrected chi connectivity index (χ1v) is 5.10. The fourth-order valence-electron chi connectivity index (χ4n) is 1.04. The summed E-state index contributed by atoms with van der Waals surface area (Å²) in [5, 5.41) is 11.1. The van der Waals surface area contributed by atoms with Gasteiger partial charge in [-0.25, -0.2) is 0 Å². The van der Waals surface area contributed by atoms with Crippen LogP contribution in [-0.4, -0.2) is 36.7 Å². The van der Waals surface area contributed by atoms with Gasteiger partial charge in [-0.3, -0.25) is 9.59 Å². The number of carboxylic acid groups (broad SMARTS) is 1. The molecule has 0 fully saturated rings. The third kappa shape index (κ3) is 7.93. The molecule has 0 heterocycles. The third-order valence-electron chi connectivity index (χ3n) is 2.09. The Labute approximate surface area is 89.8 Å². The number of ether oxygens (including phenoxy) is 1. The van der Waals surface area contributed by atoms with Crippen LogP contribution in [0.2, 0.25) is 0 Å². The van der Waals surface area contributed by atoms with E-state index in [2.05, 4.69) is 5.32 Å². The predicted molar refractivity (Wildman–Crippen MR) is 55.6 cm³/mol. The Morgan fingerprint density at radius 2 is 2.00 bits per heavy atom. The second-order valence-electron chi connectivity index (χ2n) is 3.37.